The van der Waals surface area contributed by atoms with Crippen LogP contribution in [0.4, 0.5) is 5.82 Å². The largest absolute Gasteiger partial charge is 0.384 e. The summed E-state index contributed by atoms with van der Waals surface area (Å²) in [5.74, 6) is 6.03. The lowest BCUT2D eigenvalue weighted by atomic mass is 9.99. The SMILES string of the molecule is COCC1CCN(S(=O)(=O)c2ccnc(NN)c2)CC1. The fourth-order valence-electron chi connectivity index (χ4n) is 2.35. The van der Waals surface area contributed by atoms with Gasteiger partial charge in [0, 0.05) is 39.1 Å². The van der Waals surface area contributed by atoms with E-state index in [0.29, 0.717) is 31.4 Å². The van der Waals surface area contributed by atoms with E-state index in [0.717, 1.165) is 12.8 Å². The third kappa shape index (κ3) is 3.26. The van der Waals surface area contributed by atoms with Crippen LogP contribution >= 0.6 is 0 Å². The smallest absolute Gasteiger partial charge is 0.243 e. The molecule has 1 aromatic heterocycles. The normalized spacial score (nSPS) is 18.1. The number of nitrogen functional groups attached to an aromatic ring is 1. The minimum absolute atomic E-state index is 0.214. The maximum absolute atomic E-state index is 12.5. The van der Waals surface area contributed by atoms with Gasteiger partial charge in [-0.3, -0.25) is 0 Å². The summed E-state index contributed by atoms with van der Waals surface area (Å²) in [6.07, 6.45) is 3.07. The summed E-state index contributed by atoms with van der Waals surface area (Å²) in [7, 11) is -1.81. The number of piperidine rings is 1. The topological polar surface area (TPSA) is 97.5 Å². The number of nitrogens with zero attached hydrogens (tertiary/aromatic N) is 2. The van der Waals surface area contributed by atoms with Gasteiger partial charge in [-0.15, -0.1) is 0 Å². The van der Waals surface area contributed by atoms with Crippen molar-refractivity contribution >= 4 is 15.8 Å². The number of rotatable bonds is 5. The molecule has 112 valence electrons. The van der Waals surface area contributed by atoms with Crippen LogP contribution in [0.1, 0.15) is 12.8 Å². The zero-order chi connectivity index (χ0) is 14.6. The molecule has 1 aromatic rings. The first kappa shape index (κ1) is 15.2. The van der Waals surface area contributed by atoms with Crippen molar-refractivity contribution in [1.82, 2.24) is 9.29 Å². The molecule has 20 heavy (non-hydrogen) atoms. The molecule has 0 atom stereocenters. The minimum Gasteiger partial charge on any atom is -0.384 e. The molecular formula is C12H20N4O3S. The van der Waals surface area contributed by atoms with E-state index >= 15 is 0 Å². The van der Waals surface area contributed by atoms with E-state index in [1.807, 2.05) is 0 Å². The molecule has 0 saturated carbocycles. The summed E-state index contributed by atoms with van der Waals surface area (Å²) < 4.78 is 31.7. The van der Waals surface area contributed by atoms with Crippen molar-refractivity contribution in [1.29, 1.82) is 0 Å². The van der Waals surface area contributed by atoms with Crippen LogP contribution in [0.15, 0.2) is 23.2 Å². The number of hydrogen-bond acceptors (Lipinski definition) is 6. The Morgan fingerprint density at radius 3 is 2.80 bits per heavy atom. The van der Waals surface area contributed by atoms with Crippen LogP contribution in [0.2, 0.25) is 0 Å². The standard InChI is InChI=1S/C12H20N4O3S/c1-19-9-10-3-6-16(7-4-10)20(17,18)11-2-5-14-12(8-11)15-13/h2,5,8,10H,3-4,6-7,9,13H2,1H3,(H,14,15). The molecule has 0 aliphatic carbocycles. The highest BCUT2D eigenvalue weighted by molar-refractivity contribution is 7.89. The first-order chi connectivity index (χ1) is 9.57. The summed E-state index contributed by atoms with van der Waals surface area (Å²) in [6.45, 7) is 1.72. The van der Waals surface area contributed by atoms with E-state index in [4.69, 9.17) is 10.6 Å². The van der Waals surface area contributed by atoms with Crippen molar-refractivity contribution in [3.05, 3.63) is 18.3 Å². The lowest BCUT2D eigenvalue weighted by Crippen LogP contribution is -2.39. The van der Waals surface area contributed by atoms with E-state index in [2.05, 4.69) is 10.4 Å². The molecule has 0 bridgehead atoms. The molecule has 0 amide bonds. The van der Waals surface area contributed by atoms with Crippen LogP contribution in [0, 0.1) is 5.92 Å². The molecule has 2 heterocycles. The molecule has 0 unspecified atom stereocenters. The van der Waals surface area contributed by atoms with E-state index in [1.165, 1.54) is 22.6 Å². The van der Waals surface area contributed by atoms with Crippen molar-refractivity contribution in [2.45, 2.75) is 17.7 Å². The Morgan fingerprint density at radius 2 is 2.20 bits per heavy atom. The molecule has 2 rings (SSSR count). The Hall–Kier alpha value is -1.22. The zero-order valence-corrected chi connectivity index (χ0v) is 12.3. The summed E-state index contributed by atoms with van der Waals surface area (Å²) in [4.78, 5) is 4.13. The van der Waals surface area contributed by atoms with Crippen molar-refractivity contribution in [3.63, 3.8) is 0 Å². The van der Waals surface area contributed by atoms with Crippen LogP contribution in [0.25, 0.3) is 0 Å². The van der Waals surface area contributed by atoms with Gasteiger partial charge in [-0.25, -0.2) is 19.2 Å². The molecular weight excluding hydrogens is 280 g/mol. The number of pyridine rings is 1. The predicted molar refractivity (Wildman–Crippen MR) is 75.4 cm³/mol. The number of nitrogens with two attached hydrogens (primary N) is 1. The Morgan fingerprint density at radius 1 is 1.50 bits per heavy atom. The van der Waals surface area contributed by atoms with Crippen LogP contribution in [0.3, 0.4) is 0 Å². The van der Waals surface area contributed by atoms with E-state index in [1.54, 1.807) is 7.11 Å². The summed E-state index contributed by atoms with van der Waals surface area (Å²) in [5.41, 5.74) is 2.36. The maximum atomic E-state index is 12.5. The fraction of sp³-hybridized carbons (Fsp3) is 0.583. The molecule has 7 nitrogen and oxygen atoms in total. The summed E-state index contributed by atoms with van der Waals surface area (Å²) in [6, 6.07) is 2.92. The van der Waals surface area contributed by atoms with Crippen LogP contribution in [0.5, 0.6) is 0 Å². The quantitative estimate of drug-likeness (QED) is 0.604. The minimum atomic E-state index is -3.48. The van der Waals surface area contributed by atoms with E-state index in [-0.39, 0.29) is 4.90 Å². The second kappa shape index (κ2) is 6.49. The lowest BCUT2D eigenvalue weighted by Gasteiger charge is -2.30. The zero-order valence-electron chi connectivity index (χ0n) is 11.4. The third-order valence-electron chi connectivity index (χ3n) is 3.49. The van der Waals surface area contributed by atoms with Crippen molar-refractivity contribution in [2.24, 2.45) is 11.8 Å². The van der Waals surface area contributed by atoms with Gasteiger partial charge in [0.15, 0.2) is 0 Å². The monoisotopic (exact) mass is 300 g/mol. The molecule has 0 aromatic carbocycles. The predicted octanol–water partition coefficient (Wildman–Crippen LogP) is 0.414. The first-order valence-electron chi connectivity index (χ1n) is 6.49. The molecule has 8 heteroatoms. The third-order valence-corrected chi connectivity index (χ3v) is 5.39. The molecule has 0 spiro atoms. The molecule has 1 aliphatic rings. The lowest BCUT2D eigenvalue weighted by molar-refractivity contribution is 0.121. The Bertz CT molecular complexity index is 541. The van der Waals surface area contributed by atoms with Gasteiger partial charge in [0.25, 0.3) is 0 Å². The molecule has 1 fully saturated rings. The molecule has 0 radical (unpaired) electrons. The highest BCUT2D eigenvalue weighted by Crippen LogP contribution is 2.24. The maximum Gasteiger partial charge on any atom is 0.243 e. The Labute approximate surface area is 119 Å². The summed E-state index contributed by atoms with van der Waals surface area (Å²) >= 11 is 0. The van der Waals surface area contributed by atoms with Crippen LogP contribution in [-0.2, 0) is 14.8 Å². The average molecular weight is 300 g/mol. The highest BCUT2D eigenvalue weighted by Gasteiger charge is 2.29. The van der Waals surface area contributed by atoms with E-state index < -0.39 is 10.0 Å². The van der Waals surface area contributed by atoms with Gasteiger partial charge in [-0.05, 0) is 24.8 Å². The molecule has 1 aliphatic heterocycles. The number of ether oxygens (including phenoxy) is 1. The van der Waals surface area contributed by atoms with Gasteiger partial charge >= 0.3 is 0 Å². The number of sulfonamides is 1. The molecule has 3 N–H and O–H groups in total. The van der Waals surface area contributed by atoms with Crippen molar-refractivity contribution in [2.75, 3.05) is 32.2 Å². The highest BCUT2D eigenvalue weighted by atomic mass is 32.2. The number of methoxy groups -OCH3 is 1. The average Bonchev–Trinajstić information content (AvgIpc) is 2.48. The second-order valence-electron chi connectivity index (χ2n) is 4.82. The number of hydrazine groups is 1. The second-order valence-corrected chi connectivity index (χ2v) is 6.76. The van der Waals surface area contributed by atoms with Crippen molar-refractivity contribution < 1.29 is 13.2 Å². The van der Waals surface area contributed by atoms with Crippen LogP contribution < -0.4 is 11.3 Å². The van der Waals surface area contributed by atoms with Gasteiger partial charge in [0.2, 0.25) is 10.0 Å². The first-order valence-corrected chi connectivity index (χ1v) is 7.93. The van der Waals surface area contributed by atoms with Gasteiger partial charge in [0.05, 0.1) is 4.90 Å². The number of hydrogen-bond donors (Lipinski definition) is 2. The van der Waals surface area contributed by atoms with Gasteiger partial charge < -0.3 is 10.2 Å². The molecule has 1 saturated heterocycles. The van der Waals surface area contributed by atoms with Crippen molar-refractivity contribution in [3.8, 4) is 0 Å². The van der Waals surface area contributed by atoms with Gasteiger partial charge in [-0.2, -0.15) is 4.31 Å². The number of anilines is 1. The Balaban J connectivity index is 2.11. The number of aromatic nitrogens is 1. The fourth-order valence-corrected chi connectivity index (χ4v) is 3.83. The number of nitrogens with one attached hydrogen (secondary N) is 1. The van der Waals surface area contributed by atoms with Crippen LogP contribution in [-0.4, -0.2) is 44.5 Å². The summed E-state index contributed by atoms with van der Waals surface area (Å²) in [5, 5.41) is 0. The van der Waals surface area contributed by atoms with E-state index in [9.17, 15) is 8.42 Å². The van der Waals surface area contributed by atoms with Gasteiger partial charge in [-0.1, -0.05) is 0 Å². The van der Waals surface area contributed by atoms with Gasteiger partial charge in [0.1, 0.15) is 5.82 Å². The Kier molecular flexibility index (Phi) is 4.92.